The number of ether oxygens (including phenoxy) is 4. The second-order valence-electron chi connectivity index (χ2n) is 4.47. The number of hydrogen-bond donors (Lipinski definition) is 1. The molecule has 1 heterocycles. The Morgan fingerprint density at radius 3 is 2.62 bits per heavy atom. The second-order valence-corrected chi connectivity index (χ2v) is 4.47. The summed E-state index contributed by atoms with van der Waals surface area (Å²) in [5.74, 6) is -0.365. The molecule has 2 aromatic rings. The Morgan fingerprint density at radius 1 is 1.17 bits per heavy atom. The van der Waals surface area contributed by atoms with E-state index in [1.807, 2.05) is 0 Å². The van der Waals surface area contributed by atoms with Gasteiger partial charge in [-0.1, -0.05) is 0 Å². The minimum atomic E-state index is -0.578. The first-order chi connectivity index (χ1) is 11.6. The van der Waals surface area contributed by atoms with Crippen molar-refractivity contribution in [3.05, 3.63) is 23.9 Å². The van der Waals surface area contributed by atoms with E-state index >= 15 is 0 Å². The lowest BCUT2D eigenvalue weighted by atomic mass is 10.1. The van der Waals surface area contributed by atoms with Crippen LogP contribution in [0.5, 0.6) is 11.5 Å². The number of aromatic amines is 1. The zero-order valence-corrected chi connectivity index (χ0v) is 13.5. The average Bonchev–Trinajstić information content (AvgIpc) is 3.09. The molecule has 128 valence electrons. The summed E-state index contributed by atoms with van der Waals surface area (Å²) in [6.45, 7) is 1.69. The fraction of sp³-hybridized carbons (Fsp3) is 0.333. The highest BCUT2D eigenvalue weighted by molar-refractivity contribution is 5.94. The number of methoxy groups -OCH3 is 2. The van der Waals surface area contributed by atoms with Crippen molar-refractivity contribution in [2.45, 2.75) is 6.92 Å². The van der Waals surface area contributed by atoms with Crippen molar-refractivity contribution in [3.8, 4) is 22.8 Å². The highest BCUT2D eigenvalue weighted by atomic mass is 16.6. The van der Waals surface area contributed by atoms with E-state index in [1.54, 1.807) is 25.1 Å². The summed E-state index contributed by atoms with van der Waals surface area (Å²) in [4.78, 5) is 23.0. The molecule has 1 N–H and O–H groups in total. The Morgan fingerprint density at radius 2 is 1.96 bits per heavy atom. The zero-order chi connectivity index (χ0) is 17.5. The third kappa shape index (κ3) is 3.80. The van der Waals surface area contributed by atoms with E-state index in [1.165, 1.54) is 14.2 Å². The standard InChI is InChI=1S/C15H17N3O6/c1-4-23-15(20)14-13(16-18-17-14)9-5-6-10(11(7-9)21-2)24-8-12(19)22-3/h5-7H,4,8H2,1-3H3,(H,16,17,18). The molecule has 0 radical (unpaired) electrons. The minimum Gasteiger partial charge on any atom is -0.493 e. The van der Waals surface area contributed by atoms with Gasteiger partial charge in [0.25, 0.3) is 0 Å². The van der Waals surface area contributed by atoms with Crippen LogP contribution in [0.2, 0.25) is 0 Å². The van der Waals surface area contributed by atoms with Crippen LogP contribution >= 0.6 is 0 Å². The predicted molar refractivity (Wildman–Crippen MR) is 81.8 cm³/mol. The lowest BCUT2D eigenvalue weighted by molar-refractivity contribution is -0.142. The molecule has 0 unspecified atom stereocenters. The van der Waals surface area contributed by atoms with Crippen molar-refractivity contribution in [1.82, 2.24) is 15.4 Å². The van der Waals surface area contributed by atoms with E-state index in [0.29, 0.717) is 22.8 Å². The van der Waals surface area contributed by atoms with Crippen LogP contribution in [0, 0.1) is 0 Å². The number of hydrogen-bond acceptors (Lipinski definition) is 8. The second kappa shape index (κ2) is 7.95. The van der Waals surface area contributed by atoms with Crippen LogP contribution in [0.4, 0.5) is 0 Å². The van der Waals surface area contributed by atoms with Gasteiger partial charge in [-0.15, -0.1) is 5.10 Å². The number of nitrogens with zero attached hydrogens (tertiary/aromatic N) is 2. The summed E-state index contributed by atoms with van der Waals surface area (Å²) >= 11 is 0. The van der Waals surface area contributed by atoms with Gasteiger partial charge in [0.1, 0.15) is 5.69 Å². The molecule has 2 rings (SSSR count). The van der Waals surface area contributed by atoms with Gasteiger partial charge in [0.2, 0.25) is 0 Å². The SMILES string of the molecule is CCOC(=O)c1n[nH]nc1-c1ccc(OCC(=O)OC)c(OC)c1. The van der Waals surface area contributed by atoms with E-state index in [-0.39, 0.29) is 18.9 Å². The van der Waals surface area contributed by atoms with Gasteiger partial charge in [0.05, 0.1) is 20.8 Å². The van der Waals surface area contributed by atoms with Crippen LogP contribution in [-0.2, 0) is 14.3 Å². The molecule has 0 saturated heterocycles. The van der Waals surface area contributed by atoms with Gasteiger partial charge in [-0.3, -0.25) is 0 Å². The fourth-order valence-electron chi connectivity index (χ4n) is 1.90. The van der Waals surface area contributed by atoms with Crippen molar-refractivity contribution in [1.29, 1.82) is 0 Å². The summed E-state index contributed by atoms with van der Waals surface area (Å²) in [6, 6.07) is 4.88. The van der Waals surface area contributed by atoms with Crippen LogP contribution in [0.15, 0.2) is 18.2 Å². The highest BCUT2D eigenvalue weighted by Crippen LogP contribution is 2.32. The van der Waals surface area contributed by atoms with Crippen molar-refractivity contribution >= 4 is 11.9 Å². The number of rotatable bonds is 7. The topological polar surface area (TPSA) is 113 Å². The minimum absolute atomic E-state index is 0.0714. The molecule has 0 aliphatic rings. The molecule has 0 fully saturated rings. The Balaban J connectivity index is 2.28. The number of H-pyrrole nitrogens is 1. The number of nitrogens with one attached hydrogen (secondary N) is 1. The van der Waals surface area contributed by atoms with Gasteiger partial charge >= 0.3 is 11.9 Å². The van der Waals surface area contributed by atoms with Crippen LogP contribution in [0.3, 0.4) is 0 Å². The summed E-state index contributed by atoms with van der Waals surface area (Å²) < 4.78 is 20.0. The van der Waals surface area contributed by atoms with Gasteiger partial charge in [-0.2, -0.15) is 10.3 Å². The zero-order valence-electron chi connectivity index (χ0n) is 13.5. The van der Waals surface area contributed by atoms with Crippen molar-refractivity contribution in [2.24, 2.45) is 0 Å². The Labute approximate surface area is 137 Å². The van der Waals surface area contributed by atoms with Crippen molar-refractivity contribution in [3.63, 3.8) is 0 Å². The number of benzene rings is 1. The predicted octanol–water partition coefficient (Wildman–Crippen LogP) is 1.21. The largest absolute Gasteiger partial charge is 0.493 e. The lowest BCUT2D eigenvalue weighted by Gasteiger charge is -2.11. The number of carbonyl (C=O) groups is 2. The molecule has 1 aromatic carbocycles. The monoisotopic (exact) mass is 335 g/mol. The van der Waals surface area contributed by atoms with E-state index in [0.717, 1.165) is 0 Å². The molecule has 0 bridgehead atoms. The van der Waals surface area contributed by atoms with E-state index in [2.05, 4.69) is 20.1 Å². The number of esters is 2. The maximum absolute atomic E-state index is 11.9. The summed E-state index contributed by atoms with van der Waals surface area (Å²) in [5.41, 5.74) is 0.975. The molecule has 0 aliphatic carbocycles. The average molecular weight is 335 g/mol. The van der Waals surface area contributed by atoms with Crippen LogP contribution < -0.4 is 9.47 Å². The van der Waals surface area contributed by atoms with Gasteiger partial charge < -0.3 is 18.9 Å². The maximum Gasteiger partial charge on any atom is 0.361 e. The van der Waals surface area contributed by atoms with Gasteiger partial charge in [0, 0.05) is 5.56 Å². The summed E-state index contributed by atoms with van der Waals surface area (Å²) in [6.07, 6.45) is 0. The van der Waals surface area contributed by atoms with Crippen LogP contribution in [0.25, 0.3) is 11.3 Å². The molecule has 0 aliphatic heterocycles. The Hall–Kier alpha value is -3.10. The Kier molecular flexibility index (Phi) is 5.72. The number of carbonyl (C=O) groups excluding carboxylic acids is 2. The third-order valence-electron chi connectivity index (χ3n) is 3.03. The third-order valence-corrected chi connectivity index (χ3v) is 3.03. The first kappa shape index (κ1) is 17.3. The smallest absolute Gasteiger partial charge is 0.361 e. The number of aromatic nitrogens is 3. The van der Waals surface area contributed by atoms with Gasteiger partial charge in [-0.25, -0.2) is 9.59 Å². The fourth-order valence-corrected chi connectivity index (χ4v) is 1.90. The molecule has 9 nitrogen and oxygen atoms in total. The van der Waals surface area contributed by atoms with Gasteiger partial charge in [-0.05, 0) is 25.1 Å². The molecule has 0 spiro atoms. The Bertz CT molecular complexity index is 728. The van der Waals surface area contributed by atoms with Crippen molar-refractivity contribution in [2.75, 3.05) is 27.4 Å². The van der Waals surface area contributed by atoms with Gasteiger partial charge in [0.15, 0.2) is 23.8 Å². The molecular formula is C15H17N3O6. The quantitative estimate of drug-likeness (QED) is 0.751. The normalized spacial score (nSPS) is 10.1. The van der Waals surface area contributed by atoms with E-state index in [4.69, 9.17) is 14.2 Å². The molecule has 0 amide bonds. The summed E-state index contributed by atoms with van der Waals surface area (Å²) in [5, 5.41) is 10.2. The van der Waals surface area contributed by atoms with Crippen LogP contribution in [-0.4, -0.2) is 54.8 Å². The van der Waals surface area contributed by atoms with E-state index in [9.17, 15) is 9.59 Å². The molecule has 1 aromatic heterocycles. The highest BCUT2D eigenvalue weighted by Gasteiger charge is 2.20. The van der Waals surface area contributed by atoms with Crippen molar-refractivity contribution < 1.29 is 28.5 Å². The molecule has 0 atom stereocenters. The first-order valence-electron chi connectivity index (χ1n) is 7.06. The summed E-state index contributed by atoms with van der Waals surface area (Å²) in [7, 11) is 2.73. The lowest BCUT2D eigenvalue weighted by Crippen LogP contribution is -2.13. The molecular weight excluding hydrogens is 318 g/mol. The molecule has 24 heavy (non-hydrogen) atoms. The molecule has 9 heteroatoms. The molecule has 0 saturated carbocycles. The first-order valence-corrected chi connectivity index (χ1v) is 7.06. The maximum atomic E-state index is 11.9. The van der Waals surface area contributed by atoms with Crippen LogP contribution in [0.1, 0.15) is 17.4 Å². The van der Waals surface area contributed by atoms with E-state index < -0.39 is 11.9 Å².